The van der Waals surface area contributed by atoms with Gasteiger partial charge in [0, 0.05) is 31.7 Å². The molecule has 2 aliphatic heterocycles. The monoisotopic (exact) mass is 409 g/mol. The summed E-state index contributed by atoms with van der Waals surface area (Å²) in [5, 5.41) is 19.2. The number of phenolic OH excluding ortho intramolecular Hbond substituents is 1. The quantitative estimate of drug-likeness (QED) is 0.759. The predicted octanol–water partition coefficient (Wildman–Crippen LogP) is 2.77. The number of phenols is 1. The van der Waals surface area contributed by atoms with Gasteiger partial charge in [-0.15, -0.1) is 0 Å². The number of aromatic hydroxyl groups is 1. The lowest BCUT2D eigenvalue weighted by atomic mass is 9.73. The number of likely N-dealkylation sites (tertiary alicyclic amines) is 1. The third kappa shape index (κ3) is 3.04. The van der Waals surface area contributed by atoms with E-state index in [0.717, 1.165) is 10.5 Å². The molecule has 4 amide bonds. The molecule has 0 saturated carbocycles. The van der Waals surface area contributed by atoms with Gasteiger partial charge in [0.15, 0.2) is 0 Å². The van der Waals surface area contributed by atoms with E-state index in [4.69, 9.17) is 0 Å². The third-order valence-electron chi connectivity index (χ3n) is 6.13. The highest BCUT2D eigenvalue weighted by Crippen LogP contribution is 2.44. The van der Waals surface area contributed by atoms with Gasteiger partial charge in [-0.3, -0.25) is 14.6 Å². The molecule has 8 heteroatoms. The summed E-state index contributed by atoms with van der Waals surface area (Å²) < 4.78 is 0. The van der Waals surface area contributed by atoms with Gasteiger partial charge >= 0.3 is 12.1 Å². The Morgan fingerprint density at radius 2 is 1.77 bits per heavy atom. The van der Waals surface area contributed by atoms with Crippen LogP contribution < -0.4 is 4.90 Å². The molecule has 1 spiro atoms. The van der Waals surface area contributed by atoms with E-state index >= 15 is 0 Å². The summed E-state index contributed by atoms with van der Waals surface area (Å²) in [5.74, 6) is -0.702. The van der Waals surface area contributed by atoms with Crippen LogP contribution in [0, 0.1) is 5.92 Å². The molecule has 4 rings (SSSR count). The molecule has 2 aromatic carbocycles. The van der Waals surface area contributed by atoms with E-state index in [1.54, 1.807) is 12.1 Å². The Labute approximate surface area is 173 Å². The number of nitrogens with zero attached hydrogens (tertiary/aromatic N) is 3. The zero-order valence-electron chi connectivity index (χ0n) is 16.6. The van der Waals surface area contributed by atoms with Crippen LogP contribution in [0.2, 0.25) is 0 Å². The summed E-state index contributed by atoms with van der Waals surface area (Å²) in [6.07, 6.45) is -0.386. The van der Waals surface area contributed by atoms with Crippen molar-refractivity contribution in [3.05, 3.63) is 60.2 Å². The van der Waals surface area contributed by atoms with E-state index in [9.17, 15) is 24.6 Å². The Bertz CT molecular complexity index is 978. The second kappa shape index (κ2) is 7.37. The number of urea groups is 1. The zero-order chi connectivity index (χ0) is 21.5. The largest absolute Gasteiger partial charge is 0.508 e. The van der Waals surface area contributed by atoms with Gasteiger partial charge in [-0.25, -0.2) is 9.59 Å². The number of carboxylic acid groups (broad SMARTS) is 1. The lowest BCUT2D eigenvalue weighted by Crippen LogP contribution is -2.64. The van der Waals surface area contributed by atoms with Crippen LogP contribution in [-0.2, 0) is 11.2 Å². The minimum absolute atomic E-state index is 0.0562. The first-order valence-corrected chi connectivity index (χ1v) is 9.78. The second-order valence-corrected chi connectivity index (χ2v) is 7.79. The first-order valence-electron chi connectivity index (χ1n) is 9.78. The normalized spacial score (nSPS) is 24.0. The molecule has 2 N–H and O–H groups in total. The van der Waals surface area contributed by atoms with Crippen LogP contribution in [0.5, 0.6) is 5.75 Å². The van der Waals surface area contributed by atoms with E-state index in [-0.39, 0.29) is 31.2 Å². The number of amides is 4. The average molecular weight is 409 g/mol. The molecule has 0 aliphatic carbocycles. The Kier molecular flexibility index (Phi) is 4.85. The summed E-state index contributed by atoms with van der Waals surface area (Å²) in [4.78, 5) is 42.2. The lowest BCUT2D eigenvalue weighted by molar-refractivity contribution is -0.133. The zero-order valence-corrected chi connectivity index (χ0v) is 16.6. The van der Waals surface area contributed by atoms with Crippen molar-refractivity contribution < 1.29 is 24.6 Å². The van der Waals surface area contributed by atoms with Crippen molar-refractivity contribution in [2.75, 3.05) is 25.0 Å². The topological polar surface area (TPSA) is 101 Å². The fraction of sp³-hybridized carbons (Fsp3) is 0.318. The molecule has 156 valence electrons. The van der Waals surface area contributed by atoms with Crippen molar-refractivity contribution in [3.63, 3.8) is 0 Å². The number of carbonyl (C=O) groups excluding carboxylic acids is 2. The number of rotatable bonds is 3. The molecule has 8 nitrogen and oxygen atoms in total. The number of hydrogen-bond donors (Lipinski definition) is 2. The van der Waals surface area contributed by atoms with E-state index in [1.807, 2.05) is 30.3 Å². The highest BCUT2D eigenvalue weighted by Gasteiger charge is 2.62. The number of likely N-dealkylation sites (N-methyl/N-ethyl adjacent to an activating group) is 1. The Morgan fingerprint density at radius 1 is 1.10 bits per heavy atom. The van der Waals surface area contributed by atoms with Gasteiger partial charge in [0.2, 0.25) is 0 Å². The highest BCUT2D eigenvalue weighted by molar-refractivity contribution is 6.17. The van der Waals surface area contributed by atoms with E-state index in [2.05, 4.69) is 0 Å². The number of anilines is 1. The molecule has 2 saturated heterocycles. The molecule has 2 unspecified atom stereocenters. The second-order valence-electron chi connectivity index (χ2n) is 7.79. The molecule has 0 aromatic heterocycles. The van der Waals surface area contributed by atoms with E-state index in [1.165, 1.54) is 29.0 Å². The van der Waals surface area contributed by atoms with Crippen molar-refractivity contribution in [1.82, 2.24) is 9.80 Å². The number of benzene rings is 2. The first kappa shape index (κ1) is 19.8. The summed E-state index contributed by atoms with van der Waals surface area (Å²) in [6, 6.07) is 15.2. The highest BCUT2D eigenvalue weighted by atomic mass is 16.4. The average Bonchev–Trinajstić information content (AvgIpc) is 2.93. The fourth-order valence-electron chi connectivity index (χ4n) is 4.64. The first-order chi connectivity index (χ1) is 14.3. The van der Waals surface area contributed by atoms with Crippen molar-refractivity contribution in [2.24, 2.45) is 5.92 Å². The maximum Gasteiger partial charge on any atom is 0.407 e. The van der Waals surface area contributed by atoms with Crippen LogP contribution in [-0.4, -0.2) is 63.7 Å². The Hall–Kier alpha value is -3.55. The van der Waals surface area contributed by atoms with Crippen molar-refractivity contribution >= 4 is 23.7 Å². The van der Waals surface area contributed by atoms with Gasteiger partial charge in [0.1, 0.15) is 11.3 Å². The van der Waals surface area contributed by atoms with Crippen LogP contribution in [0.25, 0.3) is 0 Å². The predicted molar refractivity (Wildman–Crippen MR) is 109 cm³/mol. The Balaban J connectivity index is 1.82. The number of hydrogen-bond acceptors (Lipinski definition) is 4. The molecule has 2 heterocycles. The van der Waals surface area contributed by atoms with Crippen LogP contribution in [0.3, 0.4) is 0 Å². The fourth-order valence-corrected chi connectivity index (χ4v) is 4.64. The van der Waals surface area contributed by atoms with Crippen LogP contribution in [0.4, 0.5) is 15.3 Å². The summed E-state index contributed by atoms with van der Waals surface area (Å²) in [6.45, 7) is 0.299. The van der Waals surface area contributed by atoms with Crippen molar-refractivity contribution in [3.8, 4) is 5.75 Å². The molecule has 2 atom stereocenters. The maximum absolute atomic E-state index is 13.5. The van der Waals surface area contributed by atoms with Gasteiger partial charge < -0.3 is 15.1 Å². The molecular weight excluding hydrogens is 386 g/mol. The van der Waals surface area contributed by atoms with Gasteiger partial charge in [-0.2, -0.15) is 0 Å². The minimum atomic E-state index is -1.19. The number of piperidine rings is 1. The molecular formula is C22H23N3O5. The maximum atomic E-state index is 13.5. The van der Waals surface area contributed by atoms with Gasteiger partial charge in [-0.1, -0.05) is 30.3 Å². The molecule has 30 heavy (non-hydrogen) atoms. The van der Waals surface area contributed by atoms with E-state index < -0.39 is 23.6 Å². The van der Waals surface area contributed by atoms with Crippen LogP contribution in [0.1, 0.15) is 12.0 Å². The van der Waals surface area contributed by atoms with Crippen LogP contribution >= 0.6 is 0 Å². The SMILES string of the molecule is CN1C(=O)N(c2ccc(O)cc2)C2(CCN(C(=O)O)CC2Cc2ccccc2)C1=O. The molecule has 2 aromatic rings. The summed E-state index contributed by atoms with van der Waals surface area (Å²) in [7, 11) is 1.45. The summed E-state index contributed by atoms with van der Waals surface area (Å²) >= 11 is 0. The van der Waals surface area contributed by atoms with Gasteiger partial charge in [0.25, 0.3) is 5.91 Å². The van der Waals surface area contributed by atoms with Gasteiger partial charge in [-0.05, 0) is 42.7 Å². The molecule has 0 bridgehead atoms. The molecule has 2 fully saturated rings. The minimum Gasteiger partial charge on any atom is -0.508 e. The summed E-state index contributed by atoms with van der Waals surface area (Å²) in [5.41, 5.74) is 0.275. The number of carbonyl (C=O) groups is 3. The number of imide groups is 1. The molecule has 2 aliphatic rings. The standard InChI is InChI=1S/C22H23N3O5/c1-23-19(27)22(25(20(23)28)17-7-9-18(26)10-8-17)11-12-24(21(29)30)14-16(22)13-15-5-3-2-4-6-15/h2-10,16,26H,11-14H2,1H3,(H,29,30). The molecule has 0 radical (unpaired) electrons. The van der Waals surface area contributed by atoms with Crippen molar-refractivity contribution in [2.45, 2.75) is 18.4 Å². The van der Waals surface area contributed by atoms with Gasteiger partial charge in [0.05, 0.1) is 0 Å². The van der Waals surface area contributed by atoms with E-state index in [0.29, 0.717) is 12.1 Å². The van der Waals surface area contributed by atoms with Crippen LogP contribution in [0.15, 0.2) is 54.6 Å². The Morgan fingerprint density at radius 3 is 2.40 bits per heavy atom. The smallest absolute Gasteiger partial charge is 0.407 e. The lowest BCUT2D eigenvalue weighted by Gasteiger charge is -2.47. The van der Waals surface area contributed by atoms with Crippen molar-refractivity contribution in [1.29, 1.82) is 0 Å². The third-order valence-corrected chi connectivity index (χ3v) is 6.13.